The summed E-state index contributed by atoms with van der Waals surface area (Å²) in [6, 6.07) is 1.92. The van der Waals surface area contributed by atoms with Gasteiger partial charge in [-0.1, -0.05) is 6.92 Å². The van der Waals surface area contributed by atoms with Gasteiger partial charge in [0.2, 0.25) is 5.88 Å². The van der Waals surface area contributed by atoms with E-state index in [1.54, 1.807) is 6.20 Å². The minimum atomic E-state index is 0.632. The van der Waals surface area contributed by atoms with E-state index in [1.165, 1.54) is 0 Å². The maximum absolute atomic E-state index is 5.50. The first kappa shape index (κ1) is 12.9. The van der Waals surface area contributed by atoms with Crippen molar-refractivity contribution < 1.29 is 4.74 Å². The Morgan fingerprint density at radius 3 is 2.87 bits per heavy atom. The molecule has 0 saturated carbocycles. The third-order valence-corrected chi connectivity index (χ3v) is 2.72. The number of hydrogen-bond acceptors (Lipinski definition) is 3. The molecular formula is C10H14Br2N2O. The van der Waals surface area contributed by atoms with Crippen LogP contribution in [0.25, 0.3) is 0 Å². The van der Waals surface area contributed by atoms with E-state index in [-0.39, 0.29) is 0 Å². The van der Waals surface area contributed by atoms with Crippen molar-refractivity contribution in [3.05, 3.63) is 21.2 Å². The summed E-state index contributed by atoms with van der Waals surface area (Å²) in [5, 5.41) is 3.26. The van der Waals surface area contributed by atoms with Gasteiger partial charge in [0, 0.05) is 17.2 Å². The molecule has 0 spiro atoms. The van der Waals surface area contributed by atoms with Crippen LogP contribution in [0.4, 0.5) is 0 Å². The van der Waals surface area contributed by atoms with Gasteiger partial charge in [-0.3, -0.25) is 0 Å². The molecule has 0 fully saturated rings. The highest BCUT2D eigenvalue weighted by atomic mass is 79.9. The molecule has 0 bridgehead atoms. The molecule has 1 heterocycles. The first-order valence-electron chi connectivity index (χ1n) is 4.88. The minimum Gasteiger partial charge on any atom is -0.476 e. The fraction of sp³-hybridized carbons (Fsp3) is 0.500. The second-order valence-electron chi connectivity index (χ2n) is 3.04. The largest absolute Gasteiger partial charge is 0.476 e. The lowest BCUT2D eigenvalue weighted by atomic mass is 10.5. The second kappa shape index (κ2) is 7.19. The van der Waals surface area contributed by atoms with Gasteiger partial charge in [-0.25, -0.2) is 4.98 Å². The number of nitrogens with one attached hydrogen (secondary N) is 1. The topological polar surface area (TPSA) is 34.1 Å². The molecule has 1 aromatic rings. The maximum atomic E-state index is 5.50. The lowest BCUT2D eigenvalue weighted by Crippen LogP contribution is -2.21. The molecule has 0 aliphatic heterocycles. The van der Waals surface area contributed by atoms with Gasteiger partial charge in [0.05, 0.1) is 4.47 Å². The Hall–Kier alpha value is -0.130. The zero-order chi connectivity index (χ0) is 11.1. The molecule has 0 saturated heterocycles. The van der Waals surface area contributed by atoms with Crippen LogP contribution in [0.3, 0.4) is 0 Å². The van der Waals surface area contributed by atoms with Crippen molar-refractivity contribution >= 4 is 31.9 Å². The van der Waals surface area contributed by atoms with E-state index in [0.717, 1.165) is 28.5 Å². The van der Waals surface area contributed by atoms with Crippen LogP contribution in [0.1, 0.15) is 13.3 Å². The molecule has 5 heteroatoms. The first-order valence-corrected chi connectivity index (χ1v) is 6.47. The van der Waals surface area contributed by atoms with Crippen molar-refractivity contribution in [3.8, 4) is 5.88 Å². The summed E-state index contributed by atoms with van der Waals surface area (Å²) < 4.78 is 7.30. The molecule has 0 aliphatic rings. The summed E-state index contributed by atoms with van der Waals surface area (Å²) in [4.78, 5) is 4.15. The van der Waals surface area contributed by atoms with Gasteiger partial charge >= 0.3 is 0 Å². The monoisotopic (exact) mass is 336 g/mol. The second-order valence-corrected chi connectivity index (χ2v) is 4.81. The number of rotatable bonds is 6. The fourth-order valence-electron chi connectivity index (χ4n) is 1.03. The van der Waals surface area contributed by atoms with Crippen molar-refractivity contribution in [1.29, 1.82) is 0 Å². The number of nitrogens with zero attached hydrogens (tertiary/aromatic N) is 1. The third kappa shape index (κ3) is 4.95. The smallest absolute Gasteiger partial charge is 0.228 e. The Morgan fingerprint density at radius 2 is 2.20 bits per heavy atom. The van der Waals surface area contributed by atoms with Crippen LogP contribution in [-0.2, 0) is 0 Å². The van der Waals surface area contributed by atoms with Gasteiger partial charge in [-0.2, -0.15) is 0 Å². The average molecular weight is 338 g/mol. The molecule has 0 radical (unpaired) electrons. The van der Waals surface area contributed by atoms with Crippen LogP contribution in [0.5, 0.6) is 5.88 Å². The SMILES string of the molecule is CCCNCCOc1ncc(Br)cc1Br. The van der Waals surface area contributed by atoms with E-state index < -0.39 is 0 Å². The Kier molecular flexibility index (Phi) is 6.20. The molecule has 15 heavy (non-hydrogen) atoms. The highest BCUT2D eigenvalue weighted by molar-refractivity contribution is 9.11. The lowest BCUT2D eigenvalue weighted by molar-refractivity contribution is 0.300. The van der Waals surface area contributed by atoms with E-state index in [9.17, 15) is 0 Å². The highest BCUT2D eigenvalue weighted by Crippen LogP contribution is 2.25. The van der Waals surface area contributed by atoms with Gasteiger partial charge < -0.3 is 10.1 Å². The quantitative estimate of drug-likeness (QED) is 0.810. The Labute approximate surface area is 107 Å². The van der Waals surface area contributed by atoms with Gasteiger partial charge in [0.15, 0.2) is 0 Å². The van der Waals surface area contributed by atoms with Crippen molar-refractivity contribution in [1.82, 2.24) is 10.3 Å². The van der Waals surface area contributed by atoms with Crippen LogP contribution in [0.2, 0.25) is 0 Å². The maximum Gasteiger partial charge on any atom is 0.228 e. The first-order chi connectivity index (χ1) is 7.24. The predicted octanol–water partition coefficient (Wildman–Crippen LogP) is 2.99. The van der Waals surface area contributed by atoms with Gasteiger partial charge in [0.1, 0.15) is 6.61 Å². The zero-order valence-corrected chi connectivity index (χ0v) is 11.8. The Balaban J connectivity index is 2.31. The Morgan fingerprint density at radius 1 is 1.40 bits per heavy atom. The van der Waals surface area contributed by atoms with Crippen molar-refractivity contribution in [2.24, 2.45) is 0 Å². The van der Waals surface area contributed by atoms with E-state index in [2.05, 4.69) is 49.1 Å². The summed E-state index contributed by atoms with van der Waals surface area (Å²) in [7, 11) is 0. The van der Waals surface area contributed by atoms with E-state index in [4.69, 9.17) is 4.74 Å². The van der Waals surface area contributed by atoms with Gasteiger partial charge in [-0.05, 0) is 50.9 Å². The molecule has 1 rings (SSSR count). The molecule has 0 atom stereocenters. The van der Waals surface area contributed by atoms with E-state index in [1.807, 2.05) is 6.07 Å². The molecule has 0 aliphatic carbocycles. The van der Waals surface area contributed by atoms with Crippen LogP contribution in [-0.4, -0.2) is 24.7 Å². The molecule has 1 aromatic heterocycles. The minimum absolute atomic E-state index is 0.632. The number of pyridine rings is 1. The number of halogens is 2. The van der Waals surface area contributed by atoms with Crippen molar-refractivity contribution in [2.75, 3.05) is 19.7 Å². The molecule has 84 valence electrons. The third-order valence-electron chi connectivity index (χ3n) is 1.72. The normalized spacial score (nSPS) is 10.3. The summed E-state index contributed by atoms with van der Waals surface area (Å²) >= 11 is 6.73. The van der Waals surface area contributed by atoms with Crippen LogP contribution in [0.15, 0.2) is 21.2 Å². The van der Waals surface area contributed by atoms with Crippen LogP contribution < -0.4 is 10.1 Å². The highest BCUT2D eigenvalue weighted by Gasteiger charge is 2.02. The summed E-state index contributed by atoms with van der Waals surface area (Å²) in [6.45, 7) is 4.64. The van der Waals surface area contributed by atoms with Gasteiger partial charge in [0.25, 0.3) is 0 Å². The summed E-state index contributed by atoms with van der Waals surface area (Å²) in [5.41, 5.74) is 0. The molecule has 1 N–H and O–H groups in total. The average Bonchev–Trinajstić information content (AvgIpc) is 2.20. The van der Waals surface area contributed by atoms with Crippen LogP contribution >= 0.6 is 31.9 Å². The molecule has 0 unspecified atom stereocenters. The van der Waals surface area contributed by atoms with Crippen molar-refractivity contribution in [2.45, 2.75) is 13.3 Å². The standard InChI is InChI=1S/C10H14Br2N2O/c1-2-3-13-4-5-15-10-9(12)6-8(11)7-14-10/h6-7,13H,2-5H2,1H3. The summed E-state index contributed by atoms with van der Waals surface area (Å²) in [6.07, 6.45) is 2.86. The molecular weight excluding hydrogens is 324 g/mol. The van der Waals surface area contributed by atoms with E-state index in [0.29, 0.717) is 12.5 Å². The number of ether oxygens (including phenoxy) is 1. The van der Waals surface area contributed by atoms with Crippen LogP contribution in [0, 0.1) is 0 Å². The molecule has 0 aromatic carbocycles. The fourth-order valence-corrected chi connectivity index (χ4v) is 2.13. The molecule has 3 nitrogen and oxygen atoms in total. The lowest BCUT2D eigenvalue weighted by Gasteiger charge is -2.07. The van der Waals surface area contributed by atoms with E-state index >= 15 is 0 Å². The summed E-state index contributed by atoms with van der Waals surface area (Å²) in [5.74, 6) is 0.636. The number of aromatic nitrogens is 1. The number of hydrogen-bond donors (Lipinski definition) is 1. The zero-order valence-electron chi connectivity index (χ0n) is 8.59. The Bertz CT molecular complexity index is 307. The predicted molar refractivity (Wildman–Crippen MR) is 68.3 cm³/mol. The van der Waals surface area contributed by atoms with Crippen molar-refractivity contribution in [3.63, 3.8) is 0 Å². The van der Waals surface area contributed by atoms with Gasteiger partial charge in [-0.15, -0.1) is 0 Å². The molecule has 0 amide bonds.